The van der Waals surface area contributed by atoms with Gasteiger partial charge in [0.1, 0.15) is 5.94 Å². The summed E-state index contributed by atoms with van der Waals surface area (Å²) < 4.78 is 0. The van der Waals surface area contributed by atoms with E-state index in [2.05, 4.69) is 18.7 Å². The summed E-state index contributed by atoms with van der Waals surface area (Å²) in [7, 11) is 0. The molecule has 2 heteroatoms. The molecule has 0 radical (unpaired) electrons. The molecule has 0 aromatic carbocycles. The van der Waals surface area contributed by atoms with E-state index in [1.807, 2.05) is 0 Å². The molecule has 0 aliphatic rings. The number of likely N-dealkylation sites (N-methyl/N-ethyl adjacent to an activating group) is 1. The molecule has 0 aromatic rings. The Morgan fingerprint density at radius 2 is 2.00 bits per heavy atom. The van der Waals surface area contributed by atoms with Gasteiger partial charge in [0.25, 0.3) is 0 Å². The number of carbonyl (C=O) groups excluding carboxylic acids is 1. The molecular formula is C7H13NO. The molecule has 0 aliphatic carbocycles. The molecule has 0 saturated heterocycles. The van der Waals surface area contributed by atoms with Crippen molar-refractivity contribution in [3.63, 3.8) is 0 Å². The van der Waals surface area contributed by atoms with Crippen LogP contribution >= 0.6 is 0 Å². The molecule has 0 saturated carbocycles. The number of hydrogen-bond donors (Lipinski definition) is 0. The summed E-state index contributed by atoms with van der Waals surface area (Å²) in [5.74, 6) is 1.75. The van der Waals surface area contributed by atoms with E-state index < -0.39 is 0 Å². The fourth-order valence-corrected chi connectivity index (χ4v) is 0.648. The van der Waals surface area contributed by atoms with E-state index in [0.29, 0.717) is 0 Å². The Labute approximate surface area is 56.2 Å². The highest BCUT2D eigenvalue weighted by molar-refractivity contribution is 5.45. The van der Waals surface area contributed by atoms with E-state index in [-0.39, 0.29) is 0 Å². The molecule has 0 unspecified atom stereocenters. The van der Waals surface area contributed by atoms with Crippen molar-refractivity contribution in [2.24, 2.45) is 0 Å². The summed E-state index contributed by atoms with van der Waals surface area (Å²) in [4.78, 5) is 11.9. The number of rotatable bonds is 4. The fraction of sp³-hybridized carbons (Fsp3) is 0.714. The van der Waals surface area contributed by atoms with Crippen molar-refractivity contribution in [2.75, 3.05) is 19.6 Å². The summed E-state index contributed by atoms with van der Waals surface area (Å²) in [6.07, 6.45) is 1.51. The Morgan fingerprint density at radius 1 is 1.44 bits per heavy atom. The van der Waals surface area contributed by atoms with Crippen molar-refractivity contribution >= 4 is 5.94 Å². The molecule has 0 heterocycles. The zero-order chi connectivity index (χ0) is 7.11. The van der Waals surface area contributed by atoms with Crippen LogP contribution in [0.5, 0.6) is 0 Å². The van der Waals surface area contributed by atoms with E-state index >= 15 is 0 Å². The molecule has 9 heavy (non-hydrogen) atoms. The molecule has 0 spiro atoms. The fourth-order valence-electron chi connectivity index (χ4n) is 0.648. The highest BCUT2D eigenvalue weighted by atomic mass is 16.1. The lowest BCUT2D eigenvalue weighted by atomic mass is 10.5. The summed E-state index contributed by atoms with van der Waals surface area (Å²) >= 11 is 0. The molecular weight excluding hydrogens is 114 g/mol. The van der Waals surface area contributed by atoms with E-state index in [1.54, 1.807) is 5.94 Å². The lowest BCUT2D eigenvalue weighted by Crippen LogP contribution is -2.22. The standard InChI is InChI=1S/C7H13NO/c1-3-8(4-2)6-5-7-9/h5H,3-4,6H2,1-2H3. The minimum absolute atomic E-state index is 0.733. The third-order valence-corrected chi connectivity index (χ3v) is 1.33. The Hall–Kier alpha value is -0.590. The average Bonchev–Trinajstić information content (AvgIpc) is 1.91. The topological polar surface area (TPSA) is 20.3 Å². The maximum Gasteiger partial charge on any atom is 0.121 e. The van der Waals surface area contributed by atoms with Crippen molar-refractivity contribution in [3.8, 4) is 0 Å². The van der Waals surface area contributed by atoms with Crippen LogP contribution in [0.1, 0.15) is 13.8 Å². The van der Waals surface area contributed by atoms with Gasteiger partial charge >= 0.3 is 0 Å². The van der Waals surface area contributed by atoms with E-state index in [1.165, 1.54) is 6.08 Å². The van der Waals surface area contributed by atoms with Crippen LogP contribution in [0.4, 0.5) is 0 Å². The van der Waals surface area contributed by atoms with Gasteiger partial charge in [-0.1, -0.05) is 13.8 Å². The molecule has 2 nitrogen and oxygen atoms in total. The normalized spacial score (nSPS) is 9.22. The van der Waals surface area contributed by atoms with Gasteiger partial charge in [-0.2, -0.15) is 0 Å². The van der Waals surface area contributed by atoms with Crippen LogP contribution in [0.25, 0.3) is 0 Å². The van der Waals surface area contributed by atoms with E-state index in [9.17, 15) is 4.79 Å². The number of nitrogens with zero attached hydrogens (tertiary/aromatic N) is 1. The van der Waals surface area contributed by atoms with Crippen molar-refractivity contribution in [2.45, 2.75) is 13.8 Å². The first-order chi connectivity index (χ1) is 4.35. The molecule has 0 fully saturated rings. The van der Waals surface area contributed by atoms with Gasteiger partial charge in [0.05, 0.1) is 0 Å². The van der Waals surface area contributed by atoms with Crippen molar-refractivity contribution in [1.82, 2.24) is 4.90 Å². The van der Waals surface area contributed by atoms with Gasteiger partial charge in [-0.3, -0.25) is 4.90 Å². The molecule has 52 valence electrons. The monoisotopic (exact) mass is 127 g/mol. The molecule has 0 aliphatic heterocycles. The van der Waals surface area contributed by atoms with Gasteiger partial charge < -0.3 is 0 Å². The molecule has 0 N–H and O–H groups in total. The third kappa shape index (κ3) is 3.95. The van der Waals surface area contributed by atoms with Gasteiger partial charge in [-0.05, 0) is 13.1 Å². The minimum atomic E-state index is 0.733. The Kier molecular flexibility index (Phi) is 5.18. The summed E-state index contributed by atoms with van der Waals surface area (Å²) in [5, 5.41) is 0. The highest BCUT2D eigenvalue weighted by Gasteiger charge is 1.92. The maximum absolute atomic E-state index is 9.73. The van der Waals surface area contributed by atoms with Gasteiger partial charge in [-0.25, -0.2) is 4.79 Å². The van der Waals surface area contributed by atoms with Crippen molar-refractivity contribution in [1.29, 1.82) is 0 Å². The largest absolute Gasteiger partial charge is 0.299 e. The van der Waals surface area contributed by atoms with Gasteiger partial charge in [0.15, 0.2) is 0 Å². The van der Waals surface area contributed by atoms with E-state index in [4.69, 9.17) is 0 Å². The van der Waals surface area contributed by atoms with E-state index in [0.717, 1.165) is 19.6 Å². The van der Waals surface area contributed by atoms with Gasteiger partial charge in [0.2, 0.25) is 0 Å². The first-order valence-corrected chi connectivity index (χ1v) is 3.26. The lowest BCUT2D eigenvalue weighted by molar-refractivity contribution is 0.337. The van der Waals surface area contributed by atoms with Crippen LogP contribution in [0.2, 0.25) is 0 Å². The highest BCUT2D eigenvalue weighted by Crippen LogP contribution is 1.83. The Morgan fingerprint density at radius 3 is 2.33 bits per heavy atom. The third-order valence-electron chi connectivity index (χ3n) is 1.33. The second kappa shape index (κ2) is 5.54. The smallest absolute Gasteiger partial charge is 0.121 e. The van der Waals surface area contributed by atoms with Crippen molar-refractivity contribution in [3.05, 3.63) is 6.08 Å². The predicted molar refractivity (Wildman–Crippen MR) is 38.1 cm³/mol. The average molecular weight is 127 g/mol. The molecule has 0 rings (SSSR count). The van der Waals surface area contributed by atoms with Crippen LogP contribution in [0, 0.1) is 0 Å². The lowest BCUT2D eigenvalue weighted by Gasteiger charge is -2.13. The van der Waals surface area contributed by atoms with Crippen LogP contribution < -0.4 is 0 Å². The Balaban J connectivity index is 3.42. The SMILES string of the molecule is CCN(CC)CC=C=O. The summed E-state index contributed by atoms with van der Waals surface area (Å²) in [6.45, 7) is 6.87. The summed E-state index contributed by atoms with van der Waals surface area (Å²) in [5.41, 5.74) is 0. The predicted octanol–water partition coefficient (Wildman–Crippen LogP) is 0.716. The molecule has 0 atom stereocenters. The zero-order valence-electron chi connectivity index (χ0n) is 6.05. The second-order valence-electron chi connectivity index (χ2n) is 1.81. The summed E-state index contributed by atoms with van der Waals surface area (Å²) in [6, 6.07) is 0. The molecule has 0 aromatic heterocycles. The van der Waals surface area contributed by atoms with Gasteiger partial charge in [0, 0.05) is 12.6 Å². The maximum atomic E-state index is 9.73. The first kappa shape index (κ1) is 8.41. The first-order valence-electron chi connectivity index (χ1n) is 3.26. The molecule has 0 bridgehead atoms. The van der Waals surface area contributed by atoms with Gasteiger partial charge in [-0.15, -0.1) is 0 Å². The van der Waals surface area contributed by atoms with Crippen LogP contribution in [0.15, 0.2) is 6.08 Å². The number of hydrogen-bond acceptors (Lipinski definition) is 2. The zero-order valence-corrected chi connectivity index (χ0v) is 6.05. The molecule has 0 amide bonds. The quantitative estimate of drug-likeness (QED) is 0.518. The van der Waals surface area contributed by atoms with Crippen LogP contribution in [0.3, 0.4) is 0 Å². The van der Waals surface area contributed by atoms with Crippen molar-refractivity contribution < 1.29 is 4.79 Å². The minimum Gasteiger partial charge on any atom is -0.299 e. The second-order valence-corrected chi connectivity index (χ2v) is 1.81. The van der Waals surface area contributed by atoms with Crippen LogP contribution in [-0.2, 0) is 4.79 Å². The van der Waals surface area contributed by atoms with Crippen LogP contribution in [-0.4, -0.2) is 30.5 Å². The Bertz CT molecular complexity index is 101.